The Morgan fingerprint density at radius 2 is 1.70 bits per heavy atom. The molecule has 0 aromatic carbocycles. The zero-order valence-electron chi connectivity index (χ0n) is 11.3. The molecule has 1 aliphatic heterocycles. The first-order valence-corrected chi connectivity index (χ1v) is 6.69. The molecule has 2 heterocycles. The van der Waals surface area contributed by atoms with Gasteiger partial charge in [0, 0.05) is 31.7 Å². The van der Waals surface area contributed by atoms with Crippen molar-refractivity contribution in [3.63, 3.8) is 0 Å². The molecule has 4 nitrogen and oxygen atoms in total. The van der Waals surface area contributed by atoms with Gasteiger partial charge in [0.2, 0.25) is 0 Å². The number of halogens is 4. The van der Waals surface area contributed by atoms with Crippen LogP contribution in [0.2, 0.25) is 5.15 Å². The smallest absolute Gasteiger partial charge is 0.354 e. The van der Waals surface area contributed by atoms with Crippen LogP contribution >= 0.6 is 11.6 Å². The standard InChI is InChI=1S/C12H16ClF3N4/c1-8-10(13)17-9(2)18-11(8)20-5-3-19(4-6-20)7-12(14,15)16/h3-7H2,1-2H3. The summed E-state index contributed by atoms with van der Waals surface area (Å²) in [5.41, 5.74) is 0.765. The molecule has 0 N–H and O–H groups in total. The fraction of sp³-hybridized carbons (Fsp3) is 0.667. The van der Waals surface area contributed by atoms with E-state index in [4.69, 9.17) is 11.6 Å². The van der Waals surface area contributed by atoms with E-state index >= 15 is 0 Å². The van der Waals surface area contributed by atoms with Crippen LogP contribution in [-0.2, 0) is 0 Å². The number of aryl methyl sites for hydroxylation is 1. The van der Waals surface area contributed by atoms with Gasteiger partial charge in [-0.2, -0.15) is 13.2 Å². The second kappa shape index (κ2) is 5.73. The molecule has 1 fully saturated rings. The Kier molecular flexibility index (Phi) is 4.39. The molecule has 0 saturated carbocycles. The van der Waals surface area contributed by atoms with Crippen LogP contribution in [0.5, 0.6) is 0 Å². The fourth-order valence-electron chi connectivity index (χ4n) is 2.26. The number of alkyl halides is 3. The van der Waals surface area contributed by atoms with Crippen molar-refractivity contribution in [3.8, 4) is 0 Å². The van der Waals surface area contributed by atoms with Gasteiger partial charge < -0.3 is 4.90 Å². The Bertz CT molecular complexity index is 484. The summed E-state index contributed by atoms with van der Waals surface area (Å²) in [5.74, 6) is 1.28. The minimum Gasteiger partial charge on any atom is -0.354 e. The molecule has 0 amide bonds. The molecule has 0 bridgehead atoms. The van der Waals surface area contributed by atoms with Gasteiger partial charge >= 0.3 is 6.18 Å². The van der Waals surface area contributed by atoms with Crippen molar-refractivity contribution in [3.05, 3.63) is 16.5 Å². The molecule has 20 heavy (non-hydrogen) atoms. The van der Waals surface area contributed by atoms with Crippen molar-refractivity contribution < 1.29 is 13.2 Å². The first-order valence-electron chi connectivity index (χ1n) is 6.31. The third kappa shape index (κ3) is 3.73. The van der Waals surface area contributed by atoms with Gasteiger partial charge in [-0.25, -0.2) is 9.97 Å². The van der Waals surface area contributed by atoms with Crippen LogP contribution in [-0.4, -0.2) is 53.8 Å². The molecule has 0 spiro atoms. The number of rotatable bonds is 2. The SMILES string of the molecule is Cc1nc(Cl)c(C)c(N2CCN(CC(F)(F)F)CC2)n1. The highest BCUT2D eigenvalue weighted by atomic mass is 35.5. The quantitative estimate of drug-likeness (QED) is 0.786. The summed E-state index contributed by atoms with van der Waals surface area (Å²) in [6.07, 6.45) is -4.15. The van der Waals surface area contributed by atoms with Crippen molar-refractivity contribution in [2.45, 2.75) is 20.0 Å². The van der Waals surface area contributed by atoms with Gasteiger partial charge in [-0.1, -0.05) is 11.6 Å². The van der Waals surface area contributed by atoms with Crippen molar-refractivity contribution in [2.75, 3.05) is 37.6 Å². The molecule has 1 aliphatic rings. The van der Waals surface area contributed by atoms with Crippen LogP contribution in [0, 0.1) is 13.8 Å². The van der Waals surface area contributed by atoms with E-state index in [0.29, 0.717) is 43.0 Å². The Labute approximate surface area is 120 Å². The van der Waals surface area contributed by atoms with Gasteiger partial charge in [0.15, 0.2) is 0 Å². The summed E-state index contributed by atoms with van der Waals surface area (Å²) >= 11 is 6.02. The molecule has 0 radical (unpaired) electrons. The van der Waals surface area contributed by atoms with Gasteiger partial charge in [0.1, 0.15) is 16.8 Å². The first kappa shape index (κ1) is 15.3. The molecule has 2 rings (SSSR count). The average molecular weight is 309 g/mol. The largest absolute Gasteiger partial charge is 0.401 e. The van der Waals surface area contributed by atoms with Gasteiger partial charge in [-0.05, 0) is 13.8 Å². The normalized spacial score (nSPS) is 17.6. The molecule has 1 aromatic rings. The number of aromatic nitrogens is 2. The topological polar surface area (TPSA) is 32.3 Å². The van der Waals surface area contributed by atoms with Crippen molar-refractivity contribution >= 4 is 17.4 Å². The summed E-state index contributed by atoms with van der Waals surface area (Å²) in [7, 11) is 0. The van der Waals surface area contributed by atoms with Crippen LogP contribution in [0.25, 0.3) is 0 Å². The van der Waals surface area contributed by atoms with Gasteiger partial charge in [0.05, 0.1) is 6.54 Å². The highest BCUT2D eigenvalue weighted by molar-refractivity contribution is 6.30. The molecule has 1 aromatic heterocycles. The number of anilines is 1. The summed E-state index contributed by atoms with van der Waals surface area (Å²) < 4.78 is 37.0. The molecule has 0 aliphatic carbocycles. The van der Waals surface area contributed by atoms with Crippen LogP contribution in [0.4, 0.5) is 19.0 Å². The van der Waals surface area contributed by atoms with Gasteiger partial charge in [0.25, 0.3) is 0 Å². The van der Waals surface area contributed by atoms with E-state index < -0.39 is 12.7 Å². The highest BCUT2D eigenvalue weighted by Gasteiger charge is 2.32. The third-order valence-electron chi connectivity index (χ3n) is 3.25. The van der Waals surface area contributed by atoms with Crippen LogP contribution in [0.3, 0.4) is 0 Å². The summed E-state index contributed by atoms with van der Waals surface area (Å²) in [4.78, 5) is 11.8. The first-order chi connectivity index (χ1) is 9.26. The fourth-order valence-corrected chi connectivity index (χ4v) is 2.47. The Hall–Kier alpha value is -1.08. The number of hydrogen-bond donors (Lipinski definition) is 0. The maximum Gasteiger partial charge on any atom is 0.401 e. The summed E-state index contributed by atoms with van der Waals surface area (Å²) in [5, 5.41) is 0.394. The lowest BCUT2D eigenvalue weighted by Gasteiger charge is -2.36. The predicted molar refractivity (Wildman–Crippen MR) is 71.2 cm³/mol. The van der Waals surface area contributed by atoms with Crippen molar-refractivity contribution in [1.82, 2.24) is 14.9 Å². The molecular formula is C12H16ClF3N4. The van der Waals surface area contributed by atoms with Crippen LogP contribution in [0.15, 0.2) is 0 Å². The monoisotopic (exact) mass is 308 g/mol. The zero-order valence-corrected chi connectivity index (χ0v) is 12.1. The lowest BCUT2D eigenvalue weighted by atomic mass is 10.2. The van der Waals surface area contributed by atoms with Crippen LogP contribution < -0.4 is 4.90 Å². The Morgan fingerprint density at radius 1 is 1.10 bits per heavy atom. The van der Waals surface area contributed by atoms with E-state index in [2.05, 4.69) is 9.97 Å². The predicted octanol–water partition coefficient (Wildman–Crippen LogP) is 2.43. The van der Waals surface area contributed by atoms with E-state index in [1.807, 2.05) is 11.8 Å². The van der Waals surface area contributed by atoms with Crippen LogP contribution in [0.1, 0.15) is 11.4 Å². The molecule has 1 saturated heterocycles. The zero-order chi connectivity index (χ0) is 14.9. The maximum absolute atomic E-state index is 12.3. The lowest BCUT2D eigenvalue weighted by Crippen LogP contribution is -2.49. The molecule has 0 unspecified atom stereocenters. The maximum atomic E-state index is 12.3. The minimum absolute atomic E-state index is 0.361. The Balaban J connectivity index is 2.04. The number of nitrogens with zero attached hydrogens (tertiary/aromatic N) is 4. The van der Waals surface area contributed by atoms with Crippen molar-refractivity contribution in [2.24, 2.45) is 0 Å². The van der Waals surface area contributed by atoms with E-state index in [0.717, 1.165) is 5.56 Å². The van der Waals surface area contributed by atoms with Gasteiger partial charge in [-0.3, -0.25) is 4.90 Å². The molecular weight excluding hydrogens is 293 g/mol. The minimum atomic E-state index is -4.15. The van der Waals surface area contributed by atoms with E-state index in [-0.39, 0.29) is 0 Å². The van der Waals surface area contributed by atoms with Gasteiger partial charge in [-0.15, -0.1) is 0 Å². The second-order valence-corrected chi connectivity index (χ2v) is 5.25. The van der Waals surface area contributed by atoms with Crippen molar-refractivity contribution in [1.29, 1.82) is 0 Å². The summed E-state index contributed by atoms with van der Waals surface area (Å²) in [6, 6.07) is 0. The molecule has 112 valence electrons. The Morgan fingerprint density at radius 3 is 2.25 bits per heavy atom. The average Bonchev–Trinajstić information content (AvgIpc) is 2.33. The molecule has 0 atom stereocenters. The number of piperazine rings is 1. The van der Waals surface area contributed by atoms with E-state index in [1.165, 1.54) is 4.90 Å². The summed E-state index contributed by atoms with van der Waals surface area (Å²) in [6.45, 7) is 4.43. The third-order valence-corrected chi connectivity index (χ3v) is 3.62. The number of hydrogen-bond acceptors (Lipinski definition) is 4. The second-order valence-electron chi connectivity index (χ2n) is 4.89. The highest BCUT2D eigenvalue weighted by Crippen LogP contribution is 2.25. The lowest BCUT2D eigenvalue weighted by molar-refractivity contribution is -0.146. The molecule has 8 heteroatoms. The van der Waals surface area contributed by atoms with E-state index in [9.17, 15) is 13.2 Å². The van der Waals surface area contributed by atoms with E-state index in [1.54, 1.807) is 6.92 Å².